The monoisotopic (exact) mass is 385 g/mol. The smallest absolute Gasteiger partial charge is 0.368 e. The third-order valence-electron chi connectivity index (χ3n) is 4.28. The Morgan fingerprint density at radius 2 is 1.81 bits per heavy atom. The first-order valence-electron chi connectivity index (χ1n) is 8.28. The Kier molecular flexibility index (Phi) is 5.16. The van der Waals surface area contributed by atoms with E-state index in [4.69, 9.17) is 22.3 Å². The number of allylic oxidation sites excluding steroid dienone is 1. The minimum absolute atomic E-state index is 0.359. The van der Waals surface area contributed by atoms with Crippen LogP contribution in [0.4, 0.5) is 0 Å². The molecule has 1 aromatic heterocycles. The fourth-order valence-electron chi connectivity index (χ4n) is 3.04. The molecule has 2 aromatic carbocycles. The van der Waals surface area contributed by atoms with Crippen molar-refractivity contribution in [1.29, 1.82) is 0 Å². The van der Waals surface area contributed by atoms with Gasteiger partial charge in [-0.3, -0.25) is 0 Å². The van der Waals surface area contributed by atoms with Gasteiger partial charge in [0, 0.05) is 12.6 Å². The number of halogens is 1. The van der Waals surface area contributed by atoms with Crippen LogP contribution in [0.5, 0.6) is 0 Å². The van der Waals surface area contributed by atoms with Crippen LogP contribution in [0.25, 0.3) is 17.0 Å². The van der Waals surface area contributed by atoms with Crippen LogP contribution in [0.3, 0.4) is 0 Å². The largest absolute Gasteiger partial charge is 0.410 e. The van der Waals surface area contributed by atoms with E-state index in [9.17, 15) is 4.79 Å². The van der Waals surface area contributed by atoms with Crippen molar-refractivity contribution in [2.75, 3.05) is 0 Å². The predicted octanol–water partition coefficient (Wildman–Crippen LogP) is 3.01. The van der Waals surface area contributed by atoms with Gasteiger partial charge >= 0.3 is 5.69 Å². The van der Waals surface area contributed by atoms with Crippen molar-refractivity contribution in [3.05, 3.63) is 74.2 Å². The van der Waals surface area contributed by atoms with Gasteiger partial charge in [0.1, 0.15) is 0 Å². The standard InChI is InChI=1S/C19H20ClN5O2/c1-11-8-12(2)10-14(9-11)13(3)18(27-21)17-15(20)6-5-7-16(17)25-19(26)24(4)22-23-25/h5-10H,21H2,1-4H3/b18-13+. The summed E-state index contributed by atoms with van der Waals surface area (Å²) in [5, 5.41) is 8.05. The van der Waals surface area contributed by atoms with Crippen LogP contribution in [0.15, 0.2) is 41.2 Å². The van der Waals surface area contributed by atoms with Crippen molar-refractivity contribution >= 4 is 22.9 Å². The summed E-state index contributed by atoms with van der Waals surface area (Å²) in [6.45, 7) is 5.93. The van der Waals surface area contributed by atoms with Gasteiger partial charge < -0.3 is 4.84 Å². The number of rotatable bonds is 4. The van der Waals surface area contributed by atoms with E-state index >= 15 is 0 Å². The molecule has 0 amide bonds. The Morgan fingerprint density at radius 1 is 1.15 bits per heavy atom. The number of benzene rings is 2. The zero-order chi connectivity index (χ0) is 19.7. The van der Waals surface area contributed by atoms with E-state index < -0.39 is 5.69 Å². The molecule has 0 fully saturated rings. The minimum atomic E-state index is -0.404. The Morgan fingerprint density at radius 3 is 2.37 bits per heavy atom. The highest BCUT2D eigenvalue weighted by Crippen LogP contribution is 2.34. The van der Waals surface area contributed by atoms with Gasteiger partial charge in [-0.15, -0.1) is 0 Å². The summed E-state index contributed by atoms with van der Waals surface area (Å²) in [5.74, 6) is 5.99. The molecule has 2 N–H and O–H groups in total. The quantitative estimate of drug-likeness (QED) is 0.423. The molecule has 0 atom stereocenters. The number of nitrogens with two attached hydrogens (primary N) is 1. The first kappa shape index (κ1) is 18.9. The van der Waals surface area contributed by atoms with Crippen molar-refractivity contribution in [2.24, 2.45) is 12.9 Å². The van der Waals surface area contributed by atoms with Crippen LogP contribution in [-0.4, -0.2) is 19.8 Å². The van der Waals surface area contributed by atoms with Crippen molar-refractivity contribution in [1.82, 2.24) is 19.8 Å². The molecule has 0 aliphatic rings. The molecule has 1 heterocycles. The van der Waals surface area contributed by atoms with Crippen molar-refractivity contribution in [3.63, 3.8) is 0 Å². The molecular formula is C19H20ClN5O2. The van der Waals surface area contributed by atoms with Crippen LogP contribution in [0.2, 0.25) is 5.02 Å². The molecule has 0 radical (unpaired) electrons. The van der Waals surface area contributed by atoms with Crippen LogP contribution in [0, 0.1) is 13.8 Å². The summed E-state index contributed by atoms with van der Waals surface area (Å²) in [7, 11) is 1.52. The second kappa shape index (κ2) is 7.38. The second-order valence-electron chi connectivity index (χ2n) is 6.38. The van der Waals surface area contributed by atoms with E-state index in [2.05, 4.69) is 16.5 Å². The average Bonchev–Trinajstić information content (AvgIpc) is 2.95. The van der Waals surface area contributed by atoms with E-state index in [0.29, 0.717) is 22.0 Å². The maximum atomic E-state index is 12.3. The first-order chi connectivity index (χ1) is 12.8. The fourth-order valence-corrected chi connectivity index (χ4v) is 3.29. The number of aryl methyl sites for hydroxylation is 3. The number of tetrazole rings is 1. The Labute approximate surface area is 161 Å². The lowest BCUT2D eigenvalue weighted by molar-refractivity contribution is 0.291. The molecule has 3 aromatic rings. The van der Waals surface area contributed by atoms with Crippen molar-refractivity contribution in [2.45, 2.75) is 20.8 Å². The number of hydrogen-bond donors (Lipinski definition) is 1. The Balaban J connectivity index is 2.30. The van der Waals surface area contributed by atoms with E-state index in [1.54, 1.807) is 18.2 Å². The van der Waals surface area contributed by atoms with E-state index in [0.717, 1.165) is 31.6 Å². The molecule has 0 aliphatic carbocycles. The van der Waals surface area contributed by atoms with Crippen LogP contribution >= 0.6 is 11.6 Å². The zero-order valence-corrected chi connectivity index (χ0v) is 16.3. The van der Waals surface area contributed by atoms with E-state index in [1.807, 2.05) is 32.9 Å². The van der Waals surface area contributed by atoms with Gasteiger partial charge in [0.15, 0.2) is 5.76 Å². The molecule has 0 saturated heterocycles. The third kappa shape index (κ3) is 3.51. The lowest BCUT2D eigenvalue weighted by Crippen LogP contribution is -2.23. The molecule has 3 rings (SSSR count). The Bertz CT molecular complexity index is 1080. The van der Waals surface area contributed by atoms with E-state index in [1.165, 1.54) is 7.05 Å². The fraction of sp³-hybridized carbons (Fsp3) is 0.211. The van der Waals surface area contributed by atoms with Gasteiger partial charge in [-0.25, -0.2) is 4.79 Å². The van der Waals surface area contributed by atoms with Crippen molar-refractivity contribution < 1.29 is 4.84 Å². The molecule has 0 spiro atoms. The summed E-state index contributed by atoms with van der Waals surface area (Å²) in [6, 6.07) is 11.3. The van der Waals surface area contributed by atoms with Gasteiger partial charge in [0.2, 0.25) is 0 Å². The zero-order valence-electron chi connectivity index (χ0n) is 15.5. The van der Waals surface area contributed by atoms with Crippen LogP contribution in [-0.2, 0) is 11.9 Å². The Hall–Kier alpha value is -2.90. The second-order valence-corrected chi connectivity index (χ2v) is 6.79. The molecule has 8 heteroatoms. The summed E-state index contributed by atoms with van der Waals surface area (Å²) >= 11 is 6.47. The lowest BCUT2D eigenvalue weighted by atomic mass is 9.98. The summed E-state index contributed by atoms with van der Waals surface area (Å²) in [4.78, 5) is 17.6. The van der Waals surface area contributed by atoms with Crippen molar-refractivity contribution in [3.8, 4) is 5.69 Å². The third-order valence-corrected chi connectivity index (χ3v) is 4.60. The normalized spacial score (nSPS) is 12.1. The topological polar surface area (TPSA) is 88.0 Å². The lowest BCUT2D eigenvalue weighted by Gasteiger charge is -2.16. The van der Waals surface area contributed by atoms with Gasteiger partial charge in [-0.2, -0.15) is 15.3 Å². The predicted molar refractivity (Wildman–Crippen MR) is 105 cm³/mol. The highest BCUT2D eigenvalue weighted by Gasteiger charge is 2.21. The molecule has 0 unspecified atom stereocenters. The van der Waals surface area contributed by atoms with Crippen LogP contribution < -0.4 is 11.6 Å². The molecule has 0 saturated carbocycles. The SMILES string of the molecule is C/C(=C(\ON)c1c(Cl)cccc1-n1nnn(C)c1=O)c1cc(C)cc(C)c1. The highest BCUT2D eigenvalue weighted by molar-refractivity contribution is 6.33. The maximum Gasteiger partial charge on any atom is 0.368 e. The van der Waals surface area contributed by atoms with Crippen LogP contribution in [0.1, 0.15) is 29.2 Å². The maximum absolute atomic E-state index is 12.3. The molecule has 7 nitrogen and oxygen atoms in total. The van der Waals surface area contributed by atoms with Gasteiger partial charge in [0.25, 0.3) is 0 Å². The average molecular weight is 386 g/mol. The van der Waals surface area contributed by atoms with Gasteiger partial charge in [-0.05, 0) is 48.9 Å². The molecule has 27 heavy (non-hydrogen) atoms. The summed E-state index contributed by atoms with van der Waals surface area (Å²) in [5.41, 5.74) is 4.47. The summed E-state index contributed by atoms with van der Waals surface area (Å²) in [6.07, 6.45) is 0. The molecular weight excluding hydrogens is 366 g/mol. The van der Waals surface area contributed by atoms with E-state index in [-0.39, 0.29) is 0 Å². The minimum Gasteiger partial charge on any atom is -0.410 e. The molecule has 0 aliphatic heterocycles. The number of nitrogens with zero attached hydrogens (tertiary/aromatic N) is 4. The molecule has 0 bridgehead atoms. The number of hydrogen-bond acceptors (Lipinski definition) is 5. The number of aromatic nitrogens is 4. The van der Waals surface area contributed by atoms with Gasteiger partial charge in [0.05, 0.1) is 16.3 Å². The van der Waals surface area contributed by atoms with Gasteiger partial charge in [-0.1, -0.05) is 47.0 Å². The first-order valence-corrected chi connectivity index (χ1v) is 8.65. The molecule has 140 valence electrons. The highest BCUT2D eigenvalue weighted by atomic mass is 35.5. The summed E-state index contributed by atoms with van der Waals surface area (Å²) < 4.78 is 2.29.